The molecule has 3 aromatic rings. The summed E-state index contributed by atoms with van der Waals surface area (Å²) in [5.74, 6) is -4.30. The van der Waals surface area contributed by atoms with E-state index in [1.807, 2.05) is 0 Å². The van der Waals surface area contributed by atoms with Crippen LogP contribution < -0.4 is 10.3 Å². The van der Waals surface area contributed by atoms with Gasteiger partial charge in [-0.1, -0.05) is 29.3 Å². The van der Waals surface area contributed by atoms with Gasteiger partial charge in [-0.2, -0.15) is 9.78 Å². The Morgan fingerprint density at radius 1 is 1.07 bits per heavy atom. The van der Waals surface area contributed by atoms with Crippen molar-refractivity contribution in [2.45, 2.75) is 6.61 Å². The van der Waals surface area contributed by atoms with E-state index in [1.54, 1.807) is 18.2 Å². The molecule has 0 aliphatic carbocycles. The van der Waals surface area contributed by atoms with Gasteiger partial charge >= 0.3 is 0 Å². The lowest BCUT2D eigenvalue weighted by molar-refractivity contribution is 0.290. The van der Waals surface area contributed by atoms with Gasteiger partial charge < -0.3 is 4.74 Å². The Bertz CT molecular complexity index is 1070. The number of halogens is 6. The molecule has 2 aromatic carbocycles. The quantitative estimate of drug-likeness (QED) is 0.477. The molecule has 0 bridgehead atoms. The van der Waals surface area contributed by atoms with Crippen LogP contribution in [0.25, 0.3) is 5.69 Å². The lowest BCUT2D eigenvalue weighted by atomic mass is 10.2. The van der Waals surface area contributed by atoms with Crippen LogP contribution in [-0.2, 0) is 6.61 Å². The molecule has 0 atom stereocenters. The van der Waals surface area contributed by atoms with Crippen molar-refractivity contribution in [1.82, 2.24) is 9.78 Å². The Labute approximate surface area is 169 Å². The van der Waals surface area contributed by atoms with Crippen LogP contribution in [0.5, 0.6) is 5.75 Å². The van der Waals surface area contributed by atoms with Crippen molar-refractivity contribution in [2.75, 3.05) is 0 Å². The summed E-state index contributed by atoms with van der Waals surface area (Å²) >= 11 is 15.3. The zero-order chi connectivity index (χ0) is 19.7. The number of ether oxygens (including phenoxy) is 1. The van der Waals surface area contributed by atoms with Crippen molar-refractivity contribution in [3.8, 4) is 11.4 Å². The van der Waals surface area contributed by atoms with Gasteiger partial charge in [0.05, 0.1) is 16.1 Å². The fourth-order valence-corrected chi connectivity index (χ4v) is 3.15. The van der Waals surface area contributed by atoms with Gasteiger partial charge in [0.1, 0.15) is 12.3 Å². The van der Waals surface area contributed by atoms with Gasteiger partial charge in [0.2, 0.25) is 0 Å². The SMILES string of the molecule is O=c1cc(OCc2ccc(F)c(F)c2F)c(Br)nn1-c1c(Cl)cccc1Cl. The zero-order valence-electron chi connectivity index (χ0n) is 13.1. The molecule has 0 spiro atoms. The minimum atomic E-state index is -1.60. The third-order valence-electron chi connectivity index (χ3n) is 3.50. The molecule has 0 unspecified atom stereocenters. The summed E-state index contributed by atoms with van der Waals surface area (Å²) in [6, 6.07) is 7.60. The van der Waals surface area contributed by atoms with E-state index in [4.69, 9.17) is 27.9 Å². The predicted octanol–water partition coefficient (Wildman–Crippen LogP) is 5.30. The van der Waals surface area contributed by atoms with Crippen LogP contribution in [0.4, 0.5) is 13.2 Å². The van der Waals surface area contributed by atoms with Crippen molar-refractivity contribution in [3.63, 3.8) is 0 Å². The number of hydrogen-bond donors (Lipinski definition) is 0. The minimum absolute atomic E-state index is 0.0245. The van der Waals surface area contributed by atoms with E-state index < -0.39 is 29.6 Å². The summed E-state index contributed by atoms with van der Waals surface area (Å²) in [6.45, 7) is -0.445. The first-order valence-corrected chi connectivity index (χ1v) is 8.84. The van der Waals surface area contributed by atoms with Crippen LogP contribution in [0.2, 0.25) is 10.0 Å². The van der Waals surface area contributed by atoms with Crippen molar-refractivity contribution in [1.29, 1.82) is 0 Å². The summed E-state index contributed by atoms with van der Waals surface area (Å²) in [4.78, 5) is 12.4. The van der Waals surface area contributed by atoms with Crippen LogP contribution in [0.1, 0.15) is 5.56 Å². The smallest absolute Gasteiger partial charge is 0.275 e. The number of benzene rings is 2. The lowest BCUT2D eigenvalue weighted by Gasteiger charge is -2.12. The van der Waals surface area contributed by atoms with E-state index in [0.717, 1.165) is 22.9 Å². The van der Waals surface area contributed by atoms with E-state index in [2.05, 4.69) is 21.0 Å². The molecule has 1 heterocycles. The molecule has 27 heavy (non-hydrogen) atoms. The van der Waals surface area contributed by atoms with Gasteiger partial charge in [0.25, 0.3) is 5.56 Å². The number of rotatable bonds is 4. The van der Waals surface area contributed by atoms with Crippen molar-refractivity contribution in [2.24, 2.45) is 0 Å². The molecule has 3 rings (SSSR count). The van der Waals surface area contributed by atoms with Gasteiger partial charge in [0.15, 0.2) is 27.8 Å². The van der Waals surface area contributed by atoms with Gasteiger partial charge in [-0.05, 0) is 40.2 Å². The van der Waals surface area contributed by atoms with Gasteiger partial charge in [-0.15, -0.1) is 0 Å². The van der Waals surface area contributed by atoms with Crippen molar-refractivity contribution in [3.05, 3.63) is 84.4 Å². The van der Waals surface area contributed by atoms with Gasteiger partial charge in [-0.25, -0.2) is 13.2 Å². The zero-order valence-corrected chi connectivity index (χ0v) is 16.2. The molecule has 0 aliphatic heterocycles. The first kappa shape index (κ1) is 19.7. The van der Waals surface area contributed by atoms with Crippen LogP contribution in [0.3, 0.4) is 0 Å². The summed E-state index contributed by atoms with van der Waals surface area (Å²) in [5.41, 5.74) is -0.655. The maximum atomic E-state index is 13.7. The molecule has 0 amide bonds. The first-order valence-electron chi connectivity index (χ1n) is 7.29. The second-order valence-corrected chi connectivity index (χ2v) is 6.81. The van der Waals surface area contributed by atoms with Crippen molar-refractivity contribution >= 4 is 39.1 Å². The molecular formula is C17H8BrCl2F3N2O2. The van der Waals surface area contributed by atoms with E-state index in [-0.39, 0.29) is 31.6 Å². The van der Waals surface area contributed by atoms with E-state index in [0.29, 0.717) is 0 Å². The fourth-order valence-electron chi connectivity index (χ4n) is 2.20. The Hall–Kier alpha value is -2.03. The average molecular weight is 480 g/mol. The Morgan fingerprint density at radius 2 is 1.74 bits per heavy atom. The molecule has 4 nitrogen and oxygen atoms in total. The van der Waals surface area contributed by atoms with Crippen LogP contribution in [0.15, 0.2) is 45.8 Å². The third-order valence-corrected chi connectivity index (χ3v) is 4.66. The van der Waals surface area contributed by atoms with E-state index in [1.165, 1.54) is 0 Å². The van der Waals surface area contributed by atoms with Crippen LogP contribution >= 0.6 is 39.1 Å². The topological polar surface area (TPSA) is 44.1 Å². The Balaban J connectivity index is 1.92. The van der Waals surface area contributed by atoms with Crippen LogP contribution in [-0.4, -0.2) is 9.78 Å². The minimum Gasteiger partial charge on any atom is -0.486 e. The number of hydrogen-bond acceptors (Lipinski definition) is 3. The monoisotopic (exact) mass is 478 g/mol. The predicted molar refractivity (Wildman–Crippen MR) is 98.2 cm³/mol. The molecule has 10 heteroatoms. The lowest BCUT2D eigenvalue weighted by Crippen LogP contribution is -2.22. The largest absolute Gasteiger partial charge is 0.486 e. The molecule has 0 radical (unpaired) electrons. The standard InChI is InChI=1S/C17H8BrCl2F3N2O2/c18-17-12(27-7-8-4-5-11(21)15(23)14(8)22)6-13(26)25(24-17)16-9(19)2-1-3-10(16)20/h1-6H,7H2. The van der Waals surface area contributed by atoms with Gasteiger partial charge in [0, 0.05) is 5.56 Å². The normalized spacial score (nSPS) is 10.9. The highest BCUT2D eigenvalue weighted by molar-refractivity contribution is 9.10. The van der Waals surface area contributed by atoms with E-state index in [9.17, 15) is 18.0 Å². The molecular weight excluding hydrogens is 472 g/mol. The highest BCUT2D eigenvalue weighted by atomic mass is 79.9. The van der Waals surface area contributed by atoms with Gasteiger partial charge in [-0.3, -0.25) is 4.79 Å². The highest BCUT2D eigenvalue weighted by Crippen LogP contribution is 2.29. The third kappa shape index (κ3) is 3.97. The van der Waals surface area contributed by atoms with E-state index >= 15 is 0 Å². The second-order valence-electron chi connectivity index (χ2n) is 5.24. The number of nitrogens with zero attached hydrogens (tertiary/aromatic N) is 2. The summed E-state index contributed by atoms with van der Waals surface area (Å²) in [5, 5.41) is 4.45. The number of aromatic nitrogens is 2. The molecule has 0 aliphatic rings. The molecule has 0 saturated carbocycles. The fraction of sp³-hybridized carbons (Fsp3) is 0.0588. The Morgan fingerprint density at radius 3 is 2.41 bits per heavy atom. The average Bonchev–Trinajstić information content (AvgIpc) is 2.62. The molecule has 0 fully saturated rings. The second kappa shape index (κ2) is 7.92. The Kier molecular flexibility index (Phi) is 5.78. The van der Waals surface area contributed by atoms with Crippen molar-refractivity contribution < 1.29 is 17.9 Å². The maximum absolute atomic E-state index is 13.7. The number of para-hydroxylation sites is 1. The molecule has 1 aromatic heterocycles. The first-order chi connectivity index (χ1) is 12.8. The van der Waals surface area contributed by atoms with Crippen LogP contribution in [0, 0.1) is 17.5 Å². The molecule has 0 N–H and O–H groups in total. The highest BCUT2D eigenvalue weighted by Gasteiger charge is 2.17. The maximum Gasteiger partial charge on any atom is 0.275 e. The summed E-state index contributed by atoms with van der Waals surface area (Å²) in [7, 11) is 0. The summed E-state index contributed by atoms with van der Waals surface area (Å²) in [6.07, 6.45) is 0. The summed E-state index contributed by atoms with van der Waals surface area (Å²) < 4.78 is 46.3. The molecule has 0 saturated heterocycles. The molecule has 140 valence electrons.